The highest BCUT2D eigenvalue weighted by Crippen LogP contribution is 2.24. The van der Waals surface area contributed by atoms with Gasteiger partial charge in [-0.05, 0) is 24.3 Å². The van der Waals surface area contributed by atoms with Gasteiger partial charge in [0, 0.05) is 0 Å². The zero-order valence-corrected chi connectivity index (χ0v) is 10.6. The smallest absolute Gasteiger partial charge is 0.257 e. The van der Waals surface area contributed by atoms with Gasteiger partial charge in [-0.2, -0.15) is 5.26 Å². The fourth-order valence-corrected chi connectivity index (χ4v) is 1.82. The Labute approximate surface area is 115 Å². The fraction of sp³-hybridized carbons (Fsp3) is 0. The number of anilines is 2. The normalized spacial score (nSPS) is 9.68. The minimum Gasteiger partial charge on any atom is -0.398 e. The molecule has 2 aromatic rings. The molecule has 0 saturated heterocycles. The van der Waals surface area contributed by atoms with E-state index in [0.717, 1.165) is 0 Å². The van der Waals surface area contributed by atoms with E-state index in [0.29, 0.717) is 16.9 Å². The molecule has 19 heavy (non-hydrogen) atoms. The highest BCUT2D eigenvalue weighted by atomic mass is 35.5. The third-order valence-corrected chi connectivity index (χ3v) is 2.99. The van der Waals surface area contributed by atoms with Crippen LogP contribution in [0.25, 0.3) is 0 Å². The average molecular weight is 272 g/mol. The van der Waals surface area contributed by atoms with Gasteiger partial charge in [0.15, 0.2) is 0 Å². The van der Waals surface area contributed by atoms with Gasteiger partial charge in [0.25, 0.3) is 5.91 Å². The van der Waals surface area contributed by atoms with E-state index in [2.05, 4.69) is 5.32 Å². The number of carbonyl (C=O) groups excluding carboxylic acids is 1. The Balaban J connectivity index is 2.32. The van der Waals surface area contributed by atoms with Gasteiger partial charge >= 0.3 is 0 Å². The number of rotatable bonds is 2. The van der Waals surface area contributed by atoms with Crippen molar-refractivity contribution in [3.8, 4) is 6.07 Å². The van der Waals surface area contributed by atoms with Crippen molar-refractivity contribution in [3.63, 3.8) is 0 Å². The van der Waals surface area contributed by atoms with Crippen LogP contribution in [0.3, 0.4) is 0 Å². The maximum Gasteiger partial charge on any atom is 0.257 e. The number of halogens is 1. The Hall–Kier alpha value is -2.51. The molecule has 0 saturated carbocycles. The molecule has 0 heterocycles. The van der Waals surface area contributed by atoms with Gasteiger partial charge < -0.3 is 11.1 Å². The lowest BCUT2D eigenvalue weighted by atomic mass is 10.1. The van der Waals surface area contributed by atoms with Crippen LogP contribution in [0.1, 0.15) is 15.9 Å². The van der Waals surface area contributed by atoms with Gasteiger partial charge in [-0.3, -0.25) is 4.79 Å². The van der Waals surface area contributed by atoms with Crippen LogP contribution >= 0.6 is 11.6 Å². The lowest BCUT2D eigenvalue weighted by Gasteiger charge is -2.09. The minimum atomic E-state index is -0.403. The number of amides is 1. The molecule has 0 aliphatic rings. The summed E-state index contributed by atoms with van der Waals surface area (Å²) < 4.78 is 0. The molecule has 0 aliphatic carbocycles. The number of hydrogen-bond acceptors (Lipinski definition) is 3. The first-order valence-corrected chi connectivity index (χ1v) is 5.85. The van der Waals surface area contributed by atoms with Crippen molar-refractivity contribution >= 4 is 28.9 Å². The SMILES string of the molecule is N#Cc1ccccc1NC(=O)c1cccc(N)c1Cl. The lowest BCUT2D eigenvalue weighted by Crippen LogP contribution is -2.13. The second-order valence-electron chi connectivity index (χ2n) is 3.82. The first-order chi connectivity index (χ1) is 9.13. The van der Waals surface area contributed by atoms with Crippen molar-refractivity contribution in [2.24, 2.45) is 0 Å². The maximum atomic E-state index is 12.1. The van der Waals surface area contributed by atoms with Crippen LogP contribution in [0.5, 0.6) is 0 Å². The van der Waals surface area contributed by atoms with Crippen LogP contribution in [0.4, 0.5) is 11.4 Å². The van der Waals surface area contributed by atoms with E-state index in [4.69, 9.17) is 22.6 Å². The van der Waals surface area contributed by atoms with Gasteiger partial charge in [0.05, 0.1) is 27.5 Å². The van der Waals surface area contributed by atoms with E-state index in [1.165, 1.54) is 0 Å². The number of nitrogens with one attached hydrogen (secondary N) is 1. The number of nitrogens with zero attached hydrogens (tertiary/aromatic N) is 1. The summed E-state index contributed by atoms with van der Waals surface area (Å²) in [5.41, 5.74) is 7.08. The Morgan fingerprint density at radius 3 is 2.68 bits per heavy atom. The largest absolute Gasteiger partial charge is 0.398 e. The summed E-state index contributed by atoms with van der Waals surface area (Å²) in [5.74, 6) is -0.403. The van der Waals surface area contributed by atoms with Crippen molar-refractivity contribution < 1.29 is 4.79 Å². The molecular weight excluding hydrogens is 262 g/mol. The molecule has 1 amide bonds. The molecule has 4 nitrogen and oxygen atoms in total. The van der Waals surface area contributed by atoms with Crippen LogP contribution in [0.15, 0.2) is 42.5 Å². The van der Waals surface area contributed by atoms with Crippen LogP contribution < -0.4 is 11.1 Å². The summed E-state index contributed by atoms with van der Waals surface area (Å²) in [6.45, 7) is 0. The molecule has 94 valence electrons. The predicted molar refractivity (Wildman–Crippen MR) is 75.0 cm³/mol. The van der Waals surface area contributed by atoms with E-state index in [-0.39, 0.29) is 10.6 Å². The molecule has 2 rings (SSSR count). The van der Waals surface area contributed by atoms with Crippen molar-refractivity contribution in [3.05, 3.63) is 58.6 Å². The van der Waals surface area contributed by atoms with Gasteiger partial charge in [0.1, 0.15) is 6.07 Å². The molecule has 0 unspecified atom stereocenters. The summed E-state index contributed by atoms with van der Waals surface area (Å²) in [6.07, 6.45) is 0. The van der Waals surface area contributed by atoms with Crippen molar-refractivity contribution in [1.29, 1.82) is 5.26 Å². The molecule has 5 heteroatoms. The number of nitriles is 1. The summed E-state index contributed by atoms with van der Waals surface area (Å²) in [7, 11) is 0. The molecule has 3 N–H and O–H groups in total. The third-order valence-electron chi connectivity index (χ3n) is 2.57. The first kappa shape index (κ1) is 12.9. The number of carbonyl (C=O) groups is 1. The van der Waals surface area contributed by atoms with Gasteiger partial charge in [0.2, 0.25) is 0 Å². The van der Waals surface area contributed by atoms with Gasteiger partial charge in [-0.1, -0.05) is 29.8 Å². The molecular formula is C14H10ClN3O. The van der Waals surface area contributed by atoms with Crippen LogP contribution in [0, 0.1) is 11.3 Å². The second-order valence-corrected chi connectivity index (χ2v) is 4.20. The van der Waals surface area contributed by atoms with Crippen molar-refractivity contribution in [1.82, 2.24) is 0 Å². The molecule has 0 radical (unpaired) electrons. The number of para-hydroxylation sites is 1. The molecule has 0 aliphatic heterocycles. The van der Waals surface area contributed by atoms with Crippen LogP contribution in [-0.4, -0.2) is 5.91 Å². The average Bonchev–Trinajstić information content (AvgIpc) is 2.42. The number of hydrogen-bond donors (Lipinski definition) is 2. The van der Waals surface area contributed by atoms with E-state index in [1.807, 2.05) is 6.07 Å². The Morgan fingerprint density at radius 2 is 1.95 bits per heavy atom. The maximum absolute atomic E-state index is 12.1. The third kappa shape index (κ3) is 2.67. The Kier molecular flexibility index (Phi) is 3.69. The standard InChI is InChI=1S/C14H10ClN3O/c15-13-10(5-3-6-11(13)17)14(19)18-12-7-2-1-4-9(12)8-16/h1-7H,17H2,(H,18,19). The quantitative estimate of drug-likeness (QED) is 0.824. The number of nitrogen functional groups attached to an aromatic ring is 1. The highest BCUT2D eigenvalue weighted by Gasteiger charge is 2.13. The van der Waals surface area contributed by atoms with Gasteiger partial charge in [-0.15, -0.1) is 0 Å². The molecule has 0 spiro atoms. The summed E-state index contributed by atoms with van der Waals surface area (Å²) in [6, 6.07) is 13.6. The lowest BCUT2D eigenvalue weighted by molar-refractivity contribution is 0.102. The van der Waals surface area contributed by atoms with E-state index < -0.39 is 5.91 Å². The minimum absolute atomic E-state index is 0.203. The van der Waals surface area contributed by atoms with Crippen LogP contribution in [-0.2, 0) is 0 Å². The molecule has 0 aromatic heterocycles. The molecule has 0 fully saturated rings. The number of benzene rings is 2. The monoisotopic (exact) mass is 271 g/mol. The summed E-state index contributed by atoms with van der Waals surface area (Å²) >= 11 is 5.98. The number of nitrogens with two attached hydrogens (primary N) is 1. The Morgan fingerprint density at radius 1 is 1.21 bits per heavy atom. The molecule has 0 atom stereocenters. The van der Waals surface area contributed by atoms with Crippen molar-refractivity contribution in [2.75, 3.05) is 11.1 Å². The van der Waals surface area contributed by atoms with E-state index >= 15 is 0 Å². The summed E-state index contributed by atoms with van der Waals surface area (Å²) in [4.78, 5) is 12.1. The highest BCUT2D eigenvalue weighted by molar-refractivity contribution is 6.36. The van der Waals surface area contributed by atoms with E-state index in [1.54, 1.807) is 42.5 Å². The molecule has 0 bridgehead atoms. The zero-order chi connectivity index (χ0) is 13.8. The first-order valence-electron chi connectivity index (χ1n) is 5.48. The topological polar surface area (TPSA) is 78.9 Å². The van der Waals surface area contributed by atoms with E-state index in [9.17, 15) is 4.79 Å². The fourth-order valence-electron chi connectivity index (χ4n) is 1.60. The predicted octanol–water partition coefficient (Wildman–Crippen LogP) is 3.05. The van der Waals surface area contributed by atoms with Crippen LogP contribution in [0.2, 0.25) is 5.02 Å². The zero-order valence-electron chi connectivity index (χ0n) is 9.85. The van der Waals surface area contributed by atoms with Gasteiger partial charge in [-0.25, -0.2) is 0 Å². The Bertz CT molecular complexity index is 677. The molecule has 2 aromatic carbocycles. The summed E-state index contributed by atoms with van der Waals surface area (Å²) in [5, 5.41) is 11.8. The van der Waals surface area contributed by atoms with Crippen molar-refractivity contribution in [2.45, 2.75) is 0 Å². The second kappa shape index (κ2) is 5.42.